The van der Waals surface area contributed by atoms with Crippen molar-refractivity contribution in [1.82, 2.24) is 4.90 Å². The number of hydrogen-bond acceptors (Lipinski definition) is 2. The van der Waals surface area contributed by atoms with Crippen molar-refractivity contribution < 1.29 is 0 Å². The molecular formula is C18H40N2. The normalized spacial score (nSPS) is 14.7. The van der Waals surface area contributed by atoms with Crippen LogP contribution in [0.3, 0.4) is 0 Å². The molecule has 2 nitrogen and oxygen atoms in total. The number of rotatable bonds is 14. The Bertz CT molecular complexity index is 204. The highest BCUT2D eigenvalue weighted by Crippen LogP contribution is 2.31. The van der Waals surface area contributed by atoms with Gasteiger partial charge in [0.1, 0.15) is 0 Å². The van der Waals surface area contributed by atoms with Crippen molar-refractivity contribution in [2.24, 2.45) is 5.73 Å². The summed E-state index contributed by atoms with van der Waals surface area (Å²) in [7, 11) is 4.51. The van der Waals surface area contributed by atoms with Gasteiger partial charge in [-0.25, -0.2) is 0 Å². The monoisotopic (exact) mass is 284 g/mol. The lowest BCUT2D eigenvalue weighted by Crippen LogP contribution is -2.44. The molecule has 1 unspecified atom stereocenters. The highest BCUT2D eigenvalue weighted by molar-refractivity contribution is 4.87. The molecule has 0 aliphatic carbocycles. The van der Waals surface area contributed by atoms with Crippen molar-refractivity contribution in [3.63, 3.8) is 0 Å². The molecule has 122 valence electrons. The van der Waals surface area contributed by atoms with Gasteiger partial charge in [-0.3, -0.25) is 0 Å². The Morgan fingerprint density at radius 1 is 0.700 bits per heavy atom. The van der Waals surface area contributed by atoms with E-state index in [0.29, 0.717) is 5.54 Å². The quantitative estimate of drug-likeness (QED) is 0.456. The van der Waals surface area contributed by atoms with Crippen molar-refractivity contribution in [1.29, 1.82) is 0 Å². The molecule has 1 atom stereocenters. The van der Waals surface area contributed by atoms with E-state index in [1.165, 1.54) is 70.6 Å². The molecule has 0 aromatic rings. The summed E-state index contributed by atoms with van der Waals surface area (Å²) >= 11 is 0. The maximum Gasteiger partial charge on any atom is 0.0203 e. The fourth-order valence-corrected chi connectivity index (χ4v) is 3.35. The lowest BCUT2D eigenvalue weighted by atomic mass is 9.82. The molecule has 20 heavy (non-hydrogen) atoms. The van der Waals surface area contributed by atoms with E-state index in [9.17, 15) is 0 Å². The molecule has 2 heteroatoms. The summed E-state index contributed by atoms with van der Waals surface area (Å²) < 4.78 is 0. The van der Waals surface area contributed by atoms with Crippen molar-refractivity contribution in [2.45, 2.75) is 96.4 Å². The summed E-state index contributed by atoms with van der Waals surface area (Å²) in [4.78, 5) is 2.48. The van der Waals surface area contributed by atoms with Gasteiger partial charge in [0.25, 0.3) is 0 Å². The van der Waals surface area contributed by atoms with E-state index in [0.717, 1.165) is 13.0 Å². The summed E-state index contributed by atoms with van der Waals surface area (Å²) in [5.74, 6) is 0. The zero-order valence-corrected chi connectivity index (χ0v) is 14.7. The Morgan fingerprint density at radius 3 is 1.75 bits per heavy atom. The van der Waals surface area contributed by atoms with Gasteiger partial charge >= 0.3 is 0 Å². The first-order valence-electron chi connectivity index (χ1n) is 9.00. The molecule has 0 bridgehead atoms. The average Bonchev–Trinajstić information content (AvgIpc) is 2.43. The predicted molar refractivity (Wildman–Crippen MR) is 92.2 cm³/mol. The first kappa shape index (κ1) is 19.9. The molecule has 0 rings (SSSR count). The van der Waals surface area contributed by atoms with E-state index >= 15 is 0 Å². The van der Waals surface area contributed by atoms with Gasteiger partial charge in [0.15, 0.2) is 0 Å². The summed E-state index contributed by atoms with van der Waals surface area (Å²) in [6.07, 6.45) is 16.2. The van der Waals surface area contributed by atoms with E-state index in [-0.39, 0.29) is 0 Å². The third-order valence-electron chi connectivity index (χ3n) is 4.76. The molecule has 0 spiro atoms. The molecule has 0 aliphatic heterocycles. The van der Waals surface area contributed by atoms with Gasteiger partial charge in [-0.1, -0.05) is 65.2 Å². The van der Waals surface area contributed by atoms with Crippen LogP contribution in [-0.4, -0.2) is 31.1 Å². The van der Waals surface area contributed by atoms with E-state index in [2.05, 4.69) is 32.8 Å². The molecule has 0 amide bonds. The maximum absolute atomic E-state index is 5.74. The van der Waals surface area contributed by atoms with Crippen molar-refractivity contribution >= 4 is 0 Å². The third kappa shape index (κ3) is 8.26. The molecule has 2 N–H and O–H groups in total. The fraction of sp³-hybridized carbons (Fsp3) is 1.00. The van der Waals surface area contributed by atoms with Gasteiger partial charge in [0.2, 0.25) is 0 Å². The highest BCUT2D eigenvalue weighted by Gasteiger charge is 2.30. The van der Waals surface area contributed by atoms with E-state index in [1.807, 2.05) is 0 Å². The van der Waals surface area contributed by atoms with Crippen LogP contribution in [0.15, 0.2) is 0 Å². The second kappa shape index (κ2) is 12.6. The number of nitrogens with two attached hydrogens (primary N) is 1. The summed E-state index contributed by atoms with van der Waals surface area (Å²) in [6.45, 7) is 5.43. The first-order chi connectivity index (χ1) is 9.63. The van der Waals surface area contributed by atoms with Crippen LogP contribution in [0.5, 0.6) is 0 Å². The van der Waals surface area contributed by atoms with Crippen LogP contribution in [0, 0.1) is 0 Å². The van der Waals surface area contributed by atoms with Crippen molar-refractivity contribution in [2.75, 3.05) is 20.6 Å². The lowest BCUT2D eigenvalue weighted by molar-refractivity contribution is 0.108. The van der Waals surface area contributed by atoms with Gasteiger partial charge in [-0.15, -0.1) is 0 Å². The Hall–Kier alpha value is -0.0800. The van der Waals surface area contributed by atoms with Crippen LogP contribution in [0.25, 0.3) is 0 Å². The zero-order valence-electron chi connectivity index (χ0n) is 14.7. The summed E-state index contributed by atoms with van der Waals surface area (Å²) in [6, 6.07) is 0. The number of nitrogens with zero attached hydrogens (tertiary/aromatic N) is 1. The van der Waals surface area contributed by atoms with Gasteiger partial charge in [-0.05, 0) is 46.3 Å². The zero-order chi connectivity index (χ0) is 15.3. The van der Waals surface area contributed by atoms with Crippen LogP contribution in [0.4, 0.5) is 0 Å². The number of unbranched alkanes of at least 4 members (excludes halogenated alkanes) is 6. The molecule has 0 saturated heterocycles. The minimum Gasteiger partial charge on any atom is -0.330 e. The summed E-state index contributed by atoms with van der Waals surface area (Å²) in [5, 5.41) is 0. The van der Waals surface area contributed by atoms with Crippen LogP contribution >= 0.6 is 0 Å². The second-order valence-electron chi connectivity index (χ2n) is 6.63. The van der Waals surface area contributed by atoms with Crippen LogP contribution in [0.1, 0.15) is 90.9 Å². The smallest absolute Gasteiger partial charge is 0.0203 e. The van der Waals surface area contributed by atoms with Gasteiger partial charge in [0, 0.05) is 5.54 Å². The van der Waals surface area contributed by atoms with E-state index < -0.39 is 0 Å². The Labute approximate surface area is 128 Å². The van der Waals surface area contributed by atoms with Crippen LogP contribution < -0.4 is 5.73 Å². The van der Waals surface area contributed by atoms with Crippen molar-refractivity contribution in [3.05, 3.63) is 0 Å². The molecule has 0 aromatic carbocycles. The highest BCUT2D eigenvalue weighted by atomic mass is 15.1. The molecule has 0 aromatic heterocycles. The molecule has 0 fully saturated rings. The molecule has 0 saturated carbocycles. The van der Waals surface area contributed by atoms with Crippen LogP contribution in [-0.2, 0) is 0 Å². The third-order valence-corrected chi connectivity index (χ3v) is 4.76. The van der Waals surface area contributed by atoms with Crippen LogP contribution in [0.2, 0.25) is 0 Å². The Kier molecular flexibility index (Phi) is 12.6. The molecular weight excluding hydrogens is 244 g/mol. The van der Waals surface area contributed by atoms with E-state index in [4.69, 9.17) is 5.73 Å². The molecule has 0 radical (unpaired) electrons. The maximum atomic E-state index is 5.74. The van der Waals surface area contributed by atoms with Gasteiger partial charge in [0.05, 0.1) is 0 Å². The SMILES string of the molecule is CCCCCCCCCC(CCC)(CCCN)N(C)C. The standard InChI is InChI=1S/C18H40N2/c1-5-7-8-9-10-11-12-15-18(14-6-2,20(3)4)16-13-17-19/h5-17,19H2,1-4H3. The molecule has 0 aliphatic rings. The van der Waals surface area contributed by atoms with Gasteiger partial charge < -0.3 is 10.6 Å². The lowest BCUT2D eigenvalue weighted by Gasteiger charge is -2.40. The Balaban J connectivity index is 4.07. The first-order valence-corrected chi connectivity index (χ1v) is 9.00. The largest absolute Gasteiger partial charge is 0.330 e. The number of hydrogen-bond donors (Lipinski definition) is 1. The average molecular weight is 285 g/mol. The summed E-state index contributed by atoms with van der Waals surface area (Å²) in [5.41, 5.74) is 6.14. The molecule has 0 heterocycles. The van der Waals surface area contributed by atoms with E-state index in [1.54, 1.807) is 0 Å². The topological polar surface area (TPSA) is 29.3 Å². The minimum absolute atomic E-state index is 0.400. The fourth-order valence-electron chi connectivity index (χ4n) is 3.35. The second-order valence-corrected chi connectivity index (χ2v) is 6.63. The van der Waals surface area contributed by atoms with Crippen molar-refractivity contribution in [3.8, 4) is 0 Å². The predicted octanol–water partition coefficient (Wildman–Crippen LogP) is 4.97. The Morgan fingerprint density at radius 2 is 1.25 bits per heavy atom. The minimum atomic E-state index is 0.400. The van der Waals surface area contributed by atoms with Gasteiger partial charge in [-0.2, -0.15) is 0 Å².